The maximum absolute atomic E-state index is 12.7. The van der Waals surface area contributed by atoms with Gasteiger partial charge in [0.05, 0.1) is 30.7 Å². The number of dihydropyridines is 1. The molecule has 2 atom stereocenters. The molecule has 1 heterocycles. The van der Waals surface area contributed by atoms with Crippen molar-refractivity contribution in [2.24, 2.45) is 10.9 Å². The number of unbranched alkanes of at least 4 members (excludes halogenated alkanes) is 18. The highest BCUT2D eigenvalue weighted by Crippen LogP contribution is 2.22. The third-order valence-corrected chi connectivity index (χ3v) is 7.62. The molecular formula is C33H59NO4. The monoisotopic (exact) mass is 533 g/mol. The Balaban J connectivity index is 2.22. The van der Waals surface area contributed by atoms with Crippen LogP contribution in [0.5, 0.6) is 0 Å². The van der Waals surface area contributed by atoms with Crippen molar-refractivity contribution in [3.63, 3.8) is 0 Å². The smallest absolute Gasteiger partial charge is 0.339 e. The topological polar surface area (TPSA) is 65.0 Å². The maximum atomic E-state index is 12.7. The highest BCUT2D eigenvalue weighted by atomic mass is 16.5. The average Bonchev–Trinajstić information content (AvgIpc) is 2.90. The molecule has 0 saturated carbocycles. The molecule has 38 heavy (non-hydrogen) atoms. The van der Waals surface area contributed by atoms with E-state index in [2.05, 4.69) is 18.8 Å². The van der Waals surface area contributed by atoms with Crippen LogP contribution in [0.4, 0.5) is 0 Å². The number of carbonyl (C=O) groups excluding carboxylic acids is 2. The molecule has 0 aromatic heterocycles. The van der Waals surface area contributed by atoms with Crippen LogP contribution < -0.4 is 0 Å². The van der Waals surface area contributed by atoms with Gasteiger partial charge in [0.1, 0.15) is 0 Å². The lowest BCUT2D eigenvalue weighted by molar-refractivity contribution is -0.147. The first-order valence-corrected chi connectivity index (χ1v) is 16.1. The Hall–Kier alpha value is -1.65. The zero-order valence-electron chi connectivity index (χ0n) is 25.4. The molecule has 0 radical (unpaired) electrons. The molecule has 1 rings (SSSR count). The highest BCUT2D eigenvalue weighted by molar-refractivity contribution is 6.19. The third kappa shape index (κ3) is 16.3. The molecule has 1 aliphatic rings. The summed E-state index contributed by atoms with van der Waals surface area (Å²) in [4.78, 5) is 29.9. The molecule has 0 aromatic carbocycles. The van der Waals surface area contributed by atoms with E-state index in [4.69, 9.17) is 9.47 Å². The van der Waals surface area contributed by atoms with Gasteiger partial charge >= 0.3 is 11.9 Å². The van der Waals surface area contributed by atoms with Crippen molar-refractivity contribution in [1.29, 1.82) is 0 Å². The van der Waals surface area contributed by atoms with Gasteiger partial charge in [0.25, 0.3) is 0 Å². The number of carbonyl (C=O) groups is 2. The summed E-state index contributed by atoms with van der Waals surface area (Å²) in [5.74, 6) is -1.19. The van der Waals surface area contributed by atoms with Crippen LogP contribution in [0.15, 0.2) is 16.6 Å². The summed E-state index contributed by atoms with van der Waals surface area (Å²) >= 11 is 0. The Kier molecular flexibility index (Phi) is 21.0. The van der Waals surface area contributed by atoms with Crippen LogP contribution in [0, 0.1) is 5.92 Å². The Labute approximate surface area is 234 Å². The molecule has 5 heteroatoms. The largest absolute Gasteiger partial charge is 0.465 e. The molecule has 0 aromatic rings. The van der Waals surface area contributed by atoms with Gasteiger partial charge in [-0.25, -0.2) is 4.79 Å². The highest BCUT2D eigenvalue weighted by Gasteiger charge is 2.31. The molecule has 0 N–H and O–H groups in total. The predicted molar refractivity (Wildman–Crippen MR) is 160 cm³/mol. The van der Waals surface area contributed by atoms with Gasteiger partial charge in [-0.2, -0.15) is 0 Å². The van der Waals surface area contributed by atoms with Crippen molar-refractivity contribution in [2.45, 2.75) is 162 Å². The summed E-state index contributed by atoms with van der Waals surface area (Å²) in [6, 6.07) is -0.228. The molecule has 0 aliphatic carbocycles. The molecule has 0 amide bonds. The maximum Gasteiger partial charge on any atom is 0.339 e. The van der Waals surface area contributed by atoms with E-state index in [0.29, 0.717) is 24.5 Å². The Morgan fingerprint density at radius 2 is 1.05 bits per heavy atom. The molecule has 0 saturated heterocycles. The van der Waals surface area contributed by atoms with E-state index < -0.39 is 5.92 Å². The van der Waals surface area contributed by atoms with Crippen molar-refractivity contribution < 1.29 is 19.1 Å². The van der Waals surface area contributed by atoms with E-state index in [9.17, 15) is 9.59 Å². The van der Waals surface area contributed by atoms with Crippen LogP contribution in [-0.2, 0) is 19.1 Å². The number of nitrogens with zero attached hydrogens (tertiary/aromatic N) is 1. The molecular weight excluding hydrogens is 474 g/mol. The first-order valence-electron chi connectivity index (χ1n) is 16.1. The second-order valence-corrected chi connectivity index (χ2v) is 11.2. The van der Waals surface area contributed by atoms with Gasteiger partial charge < -0.3 is 9.47 Å². The van der Waals surface area contributed by atoms with Crippen LogP contribution in [-0.4, -0.2) is 36.9 Å². The van der Waals surface area contributed by atoms with E-state index in [1.807, 2.05) is 13.8 Å². The van der Waals surface area contributed by atoms with E-state index in [0.717, 1.165) is 25.7 Å². The van der Waals surface area contributed by atoms with Crippen molar-refractivity contribution in [3.05, 3.63) is 11.6 Å². The normalized spacial score (nSPS) is 17.2. The number of hydrogen-bond acceptors (Lipinski definition) is 5. The van der Waals surface area contributed by atoms with Crippen molar-refractivity contribution in [1.82, 2.24) is 0 Å². The lowest BCUT2D eigenvalue weighted by Crippen LogP contribution is -2.32. The second kappa shape index (κ2) is 23.3. The summed E-state index contributed by atoms with van der Waals surface area (Å²) < 4.78 is 11.1. The summed E-state index contributed by atoms with van der Waals surface area (Å²) in [5, 5.41) is 0. The van der Waals surface area contributed by atoms with Crippen LogP contribution >= 0.6 is 0 Å². The average molecular weight is 534 g/mol. The quantitative estimate of drug-likeness (QED) is 0.0915. The molecule has 1 aliphatic heterocycles. The molecule has 0 fully saturated rings. The van der Waals surface area contributed by atoms with Gasteiger partial charge in [-0.1, -0.05) is 135 Å². The van der Waals surface area contributed by atoms with Gasteiger partial charge in [-0.15, -0.1) is 0 Å². The minimum Gasteiger partial charge on any atom is -0.465 e. The Morgan fingerprint density at radius 3 is 1.50 bits per heavy atom. The van der Waals surface area contributed by atoms with E-state index >= 15 is 0 Å². The third-order valence-electron chi connectivity index (χ3n) is 7.62. The zero-order valence-corrected chi connectivity index (χ0v) is 25.4. The van der Waals surface area contributed by atoms with Gasteiger partial charge in [-0.05, 0) is 26.7 Å². The minimum atomic E-state index is -0.526. The van der Waals surface area contributed by atoms with Crippen molar-refractivity contribution >= 4 is 17.7 Å². The SMILES string of the molecule is CCCCCCCCCCCCOC(=O)C1=CC(C(=O)OCCCCCCCCCCCC)C(C)N=C1C. The van der Waals surface area contributed by atoms with E-state index in [-0.39, 0.29) is 18.0 Å². The summed E-state index contributed by atoms with van der Waals surface area (Å²) in [6.07, 6.45) is 26.6. The van der Waals surface area contributed by atoms with Gasteiger partial charge in [0, 0.05) is 5.71 Å². The van der Waals surface area contributed by atoms with E-state index in [1.54, 1.807) is 6.08 Å². The Morgan fingerprint density at radius 1 is 0.658 bits per heavy atom. The predicted octanol–water partition coefficient (Wildman–Crippen LogP) is 9.32. The molecule has 5 nitrogen and oxygen atoms in total. The number of aliphatic imine (C=N–C) groups is 1. The fourth-order valence-electron chi connectivity index (χ4n) is 5.07. The van der Waals surface area contributed by atoms with Gasteiger partial charge in [0.15, 0.2) is 0 Å². The number of rotatable bonds is 24. The van der Waals surface area contributed by atoms with Crippen LogP contribution in [0.25, 0.3) is 0 Å². The molecule has 2 unspecified atom stereocenters. The van der Waals surface area contributed by atoms with Crippen LogP contribution in [0.3, 0.4) is 0 Å². The first-order chi connectivity index (χ1) is 18.5. The summed E-state index contributed by atoms with van der Waals surface area (Å²) in [6.45, 7) is 9.07. The molecule has 0 spiro atoms. The van der Waals surface area contributed by atoms with Gasteiger partial charge in [0.2, 0.25) is 0 Å². The molecule has 0 bridgehead atoms. The lowest BCUT2D eigenvalue weighted by atomic mass is 9.93. The fraction of sp³-hybridized carbons (Fsp3) is 0.848. The second-order valence-electron chi connectivity index (χ2n) is 11.2. The van der Waals surface area contributed by atoms with Gasteiger partial charge in [-0.3, -0.25) is 9.79 Å². The first kappa shape index (κ1) is 34.4. The number of ether oxygens (including phenoxy) is 2. The Bertz CT molecular complexity index is 684. The van der Waals surface area contributed by atoms with Crippen LogP contribution in [0.1, 0.15) is 156 Å². The van der Waals surface area contributed by atoms with Crippen molar-refractivity contribution in [3.8, 4) is 0 Å². The minimum absolute atomic E-state index is 0.228. The van der Waals surface area contributed by atoms with Crippen LogP contribution in [0.2, 0.25) is 0 Å². The molecule has 220 valence electrons. The summed E-state index contributed by atoms with van der Waals surface area (Å²) in [7, 11) is 0. The fourth-order valence-corrected chi connectivity index (χ4v) is 5.07. The zero-order chi connectivity index (χ0) is 27.8. The number of hydrogen-bond donors (Lipinski definition) is 0. The summed E-state index contributed by atoms with van der Waals surface area (Å²) in [5.41, 5.74) is 1.06. The standard InChI is InChI=1S/C33H59NO4/c1-5-7-9-11-13-15-17-19-21-23-25-37-32(35)30-27-31(29(4)34-28(30)3)33(36)38-26-24-22-20-18-16-14-12-10-8-6-2/h27-28,30H,5-26H2,1-4H3. The lowest BCUT2D eigenvalue weighted by Gasteiger charge is -2.23. The van der Waals surface area contributed by atoms with Crippen molar-refractivity contribution in [2.75, 3.05) is 13.2 Å². The number of esters is 2. The van der Waals surface area contributed by atoms with E-state index in [1.165, 1.54) is 103 Å².